The molecule has 1 amide bonds. The van der Waals surface area contributed by atoms with E-state index in [1.807, 2.05) is 24.3 Å². The minimum atomic E-state index is -0.0376. The monoisotopic (exact) mass is 252 g/mol. The highest BCUT2D eigenvalue weighted by atomic mass is 16.5. The van der Waals surface area contributed by atoms with Crippen LogP contribution in [0.5, 0.6) is 5.75 Å². The summed E-state index contributed by atoms with van der Waals surface area (Å²) in [5.41, 5.74) is 0.696. The summed E-state index contributed by atoms with van der Waals surface area (Å²) in [4.78, 5) is 11.7. The van der Waals surface area contributed by atoms with E-state index < -0.39 is 0 Å². The lowest BCUT2D eigenvalue weighted by Gasteiger charge is -2.10. The number of amides is 1. The van der Waals surface area contributed by atoms with Gasteiger partial charge in [-0.05, 0) is 12.1 Å². The Balaban J connectivity index is 2.31. The summed E-state index contributed by atoms with van der Waals surface area (Å²) in [5.74, 6) is 0.627. The van der Waals surface area contributed by atoms with Crippen molar-refractivity contribution in [3.8, 4) is 5.75 Å². The number of para-hydroxylation sites is 2. The Labute approximate surface area is 107 Å². The van der Waals surface area contributed by atoms with E-state index in [9.17, 15) is 4.79 Å². The van der Waals surface area contributed by atoms with Crippen LogP contribution in [0.15, 0.2) is 24.3 Å². The molecule has 1 aromatic carbocycles. The van der Waals surface area contributed by atoms with E-state index in [0.29, 0.717) is 31.0 Å². The third-order valence-electron chi connectivity index (χ3n) is 2.39. The zero-order chi connectivity index (χ0) is 13.2. The summed E-state index contributed by atoms with van der Waals surface area (Å²) >= 11 is 0. The molecular weight excluding hydrogens is 232 g/mol. The molecule has 1 rings (SSSR count). The lowest BCUT2D eigenvalue weighted by atomic mass is 10.3. The molecule has 0 bridgehead atoms. The molecule has 0 unspecified atom stereocenters. The molecule has 0 aliphatic carbocycles. The van der Waals surface area contributed by atoms with Crippen LogP contribution in [-0.4, -0.2) is 39.8 Å². The van der Waals surface area contributed by atoms with Gasteiger partial charge in [0.25, 0.3) is 0 Å². The molecule has 100 valence electrons. The molecule has 18 heavy (non-hydrogen) atoms. The summed E-state index contributed by atoms with van der Waals surface area (Å²) < 4.78 is 10.1. The van der Waals surface area contributed by atoms with Gasteiger partial charge < -0.3 is 20.1 Å². The van der Waals surface area contributed by atoms with Crippen LogP contribution < -0.4 is 15.4 Å². The molecule has 0 aliphatic heterocycles. The smallest absolute Gasteiger partial charge is 0.225 e. The van der Waals surface area contributed by atoms with Gasteiger partial charge in [-0.2, -0.15) is 0 Å². The largest absolute Gasteiger partial charge is 0.495 e. The van der Waals surface area contributed by atoms with Gasteiger partial charge in [-0.3, -0.25) is 4.79 Å². The normalized spacial score (nSPS) is 10.1. The van der Waals surface area contributed by atoms with Crippen LogP contribution in [0, 0.1) is 0 Å². The molecule has 0 fully saturated rings. The summed E-state index contributed by atoms with van der Waals surface area (Å²) in [5, 5.41) is 5.93. The second kappa shape index (κ2) is 8.49. The summed E-state index contributed by atoms with van der Waals surface area (Å²) in [6.07, 6.45) is 0.418. The van der Waals surface area contributed by atoms with E-state index in [1.54, 1.807) is 14.2 Å². The highest BCUT2D eigenvalue weighted by Gasteiger charge is 2.05. The van der Waals surface area contributed by atoms with Crippen LogP contribution in [0.1, 0.15) is 6.42 Å². The van der Waals surface area contributed by atoms with Crippen LogP contribution in [0.4, 0.5) is 5.69 Å². The SMILES string of the molecule is COCCNCCC(=O)Nc1ccccc1OC. The van der Waals surface area contributed by atoms with Gasteiger partial charge in [0.15, 0.2) is 0 Å². The van der Waals surface area contributed by atoms with Crippen molar-refractivity contribution < 1.29 is 14.3 Å². The minimum Gasteiger partial charge on any atom is -0.495 e. The molecule has 0 aromatic heterocycles. The molecule has 0 saturated carbocycles. The Hall–Kier alpha value is -1.59. The first kappa shape index (κ1) is 14.5. The van der Waals surface area contributed by atoms with Crippen molar-refractivity contribution in [2.75, 3.05) is 39.2 Å². The molecule has 0 aliphatic rings. The fraction of sp³-hybridized carbons (Fsp3) is 0.462. The number of carbonyl (C=O) groups excluding carboxylic acids is 1. The fourth-order valence-electron chi connectivity index (χ4n) is 1.46. The average molecular weight is 252 g/mol. The predicted octanol–water partition coefficient (Wildman–Crippen LogP) is 1.26. The molecule has 0 heterocycles. The Kier molecular flexibility index (Phi) is 6.83. The molecular formula is C13H20N2O3. The number of benzene rings is 1. The predicted molar refractivity (Wildman–Crippen MR) is 71.0 cm³/mol. The van der Waals surface area contributed by atoms with Crippen LogP contribution in [0.3, 0.4) is 0 Å². The third kappa shape index (κ3) is 5.16. The first-order valence-corrected chi connectivity index (χ1v) is 5.90. The van der Waals surface area contributed by atoms with Crippen molar-refractivity contribution in [2.24, 2.45) is 0 Å². The van der Waals surface area contributed by atoms with Crippen molar-refractivity contribution >= 4 is 11.6 Å². The van der Waals surface area contributed by atoms with Crippen molar-refractivity contribution in [3.63, 3.8) is 0 Å². The van der Waals surface area contributed by atoms with Crippen LogP contribution in [0.25, 0.3) is 0 Å². The number of methoxy groups -OCH3 is 2. The van der Waals surface area contributed by atoms with Crippen molar-refractivity contribution in [1.82, 2.24) is 5.32 Å². The van der Waals surface area contributed by atoms with E-state index in [4.69, 9.17) is 9.47 Å². The van der Waals surface area contributed by atoms with Crippen LogP contribution >= 0.6 is 0 Å². The van der Waals surface area contributed by atoms with Crippen LogP contribution in [0.2, 0.25) is 0 Å². The van der Waals surface area contributed by atoms with E-state index in [1.165, 1.54) is 0 Å². The number of carbonyl (C=O) groups is 1. The highest BCUT2D eigenvalue weighted by molar-refractivity contribution is 5.92. The summed E-state index contributed by atoms with van der Waals surface area (Å²) in [6, 6.07) is 7.34. The number of nitrogens with one attached hydrogen (secondary N) is 2. The first-order valence-electron chi connectivity index (χ1n) is 5.90. The Bertz CT molecular complexity index is 369. The molecule has 0 spiro atoms. The molecule has 5 nitrogen and oxygen atoms in total. The molecule has 0 saturated heterocycles. The van der Waals surface area contributed by atoms with Gasteiger partial charge in [0, 0.05) is 26.6 Å². The lowest BCUT2D eigenvalue weighted by Crippen LogP contribution is -2.24. The summed E-state index contributed by atoms with van der Waals surface area (Å²) in [7, 11) is 3.23. The number of ether oxygens (including phenoxy) is 2. The second-order valence-electron chi connectivity index (χ2n) is 3.74. The molecule has 2 N–H and O–H groups in total. The van der Waals surface area contributed by atoms with Gasteiger partial charge in [-0.1, -0.05) is 12.1 Å². The number of hydrogen-bond donors (Lipinski definition) is 2. The standard InChI is InChI=1S/C13H20N2O3/c1-17-10-9-14-8-7-13(16)15-11-5-3-4-6-12(11)18-2/h3-6,14H,7-10H2,1-2H3,(H,15,16). The van der Waals surface area contributed by atoms with Crippen molar-refractivity contribution in [1.29, 1.82) is 0 Å². The van der Waals surface area contributed by atoms with Gasteiger partial charge >= 0.3 is 0 Å². The number of anilines is 1. The third-order valence-corrected chi connectivity index (χ3v) is 2.39. The maximum Gasteiger partial charge on any atom is 0.225 e. The van der Waals surface area contributed by atoms with E-state index in [-0.39, 0.29) is 5.91 Å². The van der Waals surface area contributed by atoms with E-state index in [0.717, 1.165) is 6.54 Å². The zero-order valence-electron chi connectivity index (χ0n) is 10.9. The maximum atomic E-state index is 11.7. The van der Waals surface area contributed by atoms with Crippen molar-refractivity contribution in [2.45, 2.75) is 6.42 Å². The van der Waals surface area contributed by atoms with Gasteiger partial charge in [-0.25, -0.2) is 0 Å². The minimum absolute atomic E-state index is 0.0376. The van der Waals surface area contributed by atoms with Crippen LogP contribution in [-0.2, 0) is 9.53 Å². The summed E-state index contributed by atoms with van der Waals surface area (Å²) in [6.45, 7) is 2.02. The number of hydrogen-bond acceptors (Lipinski definition) is 4. The van der Waals surface area contributed by atoms with Gasteiger partial charge in [-0.15, -0.1) is 0 Å². The molecule has 0 radical (unpaired) electrons. The molecule has 0 atom stereocenters. The number of rotatable bonds is 8. The van der Waals surface area contributed by atoms with Gasteiger partial charge in [0.1, 0.15) is 5.75 Å². The first-order chi connectivity index (χ1) is 8.77. The van der Waals surface area contributed by atoms with E-state index in [2.05, 4.69) is 10.6 Å². The quantitative estimate of drug-likeness (QED) is 0.684. The Morgan fingerprint density at radius 1 is 1.22 bits per heavy atom. The second-order valence-corrected chi connectivity index (χ2v) is 3.74. The van der Waals surface area contributed by atoms with Gasteiger partial charge in [0.05, 0.1) is 19.4 Å². The highest BCUT2D eigenvalue weighted by Crippen LogP contribution is 2.22. The average Bonchev–Trinajstić information content (AvgIpc) is 2.39. The zero-order valence-corrected chi connectivity index (χ0v) is 10.9. The Morgan fingerprint density at radius 3 is 2.72 bits per heavy atom. The fourth-order valence-corrected chi connectivity index (χ4v) is 1.46. The molecule has 5 heteroatoms. The topological polar surface area (TPSA) is 59.6 Å². The van der Waals surface area contributed by atoms with Crippen molar-refractivity contribution in [3.05, 3.63) is 24.3 Å². The lowest BCUT2D eigenvalue weighted by molar-refractivity contribution is -0.116. The Morgan fingerprint density at radius 2 is 2.00 bits per heavy atom. The molecule has 1 aromatic rings. The van der Waals surface area contributed by atoms with Gasteiger partial charge in [0.2, 0.25) is 5.91 Å². The maximum absolute atomic E-state index is 11.7. The van der Waals surface area contributed by atoms with E-state index >= 15 is 0 Å².